The van der Waals surface area contributed by atoms with E-state index in [0.29, 0.717) is 6.61 Å². The minimum absolute atomic E-state index is 0.129. The highest BCUT2D eigenvalue weighted by Gasteiger charge is 2.04. The quantitative estimate of drug-likeness (QED) is 0.841. The Morgan fingerprint density at radius 3 is 3.00 bits per heavy atom. The summed E-state index contributed by atoms with van der Waals surface area (Å²) in [6.07, 6.45) is 8.58. The Kier molecular flexibility index (Phi) is 3.37. The number of pyridine rings is 1. The fourth-order valence-corrected chi connectivity index (χ4v) is 1.47. The molecule has 0 aliphatic heterocycles. The number of rotatable bonds is 3. The molecule has 1 aromatic rings. The summed E-state index contributed by atoms with van der Waals surface area (Å²) in [4.78, 5) is 4.28. The van der Waals surface area contributed by atoms with E-state index in [1.54, 1.807) is 0 Å². The third-order valence-corrected chi connectivity index (χ3v) is 2.46. The van der Waals surface area contributed by atoms with Crippen LogP contribution in [0.15, 0.2) is 42.3 Å². The van der Waals surface area contributed by atoms with Gasteiger partial charge in [-0.3, -0.25) is 4.98 Å². The Labute approximate surface area is 95.6 Å². The van der Waals surface area contributed by atoms with E-state index in [4.69, 9.17) is 10.5 Å². The van der Waals surface area contributed by atoms with Crippen molar-refractivity contribution >= 4 is 0 Å². The molecule has 2 N–H and O–H groups in total. The van der Waals surface area contributed by atoms with Crippen molar-refractivity contribution in [1.29, 1.82) is 0 Å². The molecular weight excluding hydrogens is 200 g/mol. The zero-order valence-electron chi connectivity index (χ0n) is 9.39. The van der Waals surface area contributed by atoms with Crippen LogP contribution in [0, 0.1) is 6.92 Å². The van der Waals surface area contributed by atoms with Crippen molar-refractivity contribution < 1.29 is 4.74 Å². The maximum atomic E-state index is 5.72. The van der Waals surface area contributed by atoms with Gasteiger partial charge >= 0.3 is 0 Å². The second-order valence-corrected chi connectivity index (χ2v) is 3.98. The molecule has 1 unspecified atom stereocenters. The summed E-state index contributed by atoms with van der Waals surface area (Å²) < 4.78 is 5.61. The van der Waals surface area contributed by atoms with E-state index in [9.17, 15) is 0 Å². The lowest BCUT2D eigenvalue weighted by Crippen LogP contribution is -2.17. The molecule has 2 rings (SSSR count). The van der Waals surface area contributed by atoms with Crippen LogP contribution >= 0.6 is 0 Å². The lowest BCUT2D eigenvalue weighted by Gasteiger charge is -2.12. The highest BCUT2D eigenvalue weighted by Crippen LogP contribution is 2.12. The van der Waals surface area contributed by atoms with Crippen LogP contribution in [0.3, 0.4) is 0 Å². The first-order valence-corrected chi connectivity index (χ1v) is 5.42. The maximum Gasteiger partial charge on any atom is 0.130 e. The fourth-order valence-electron chi connectivity index (χ4n) is 1.47. The number of aromatic nitrogens is 1. The molecule has 1 atom stereocenters. The van der Waals surface area contributed by atoms with Crippen molar-refractivity contribution in [2.75, 3.05) is 0 Å². The number of hydrogen-bond donors (Lipinski definition) is 1. The monoisotopic (exact) mass is 216 g/mol. The Bertz CT molecular complexity index is 406. The van der Waals surface area contributed by atoms with Crippen LogP contribution in [-0.4, -0.2) is 11.0 Å². The lowest BCUT2D eigenvalue weighted by atomic mass is 10.1. The molecule has 0 bridgehead atoms. The molecule has 0 fully saturated rings. The largest absolute Gasteiger partial charge is 0.488 e. The van der Waals surface area contributed by atoms with Gasteiger partial charge in [-0.2, -0.15) is 0 Å². The molecule has 0 spiro atoms. The SMILES string of the molecule is Cc1ccc(COC2=CCC(N)C=C2)nc1. The van der Waals surface area contributed by atoms with E-state index in [-0.39, 0.29) is 6.04 Å². The van der Waals surface area contributed by atoms with Crippen LogP contribution in [0.4, 0.5) is 0 Å². The highest BCUT2D eigenvalue weighted by molar-refractivity contribution is 5.20. The number of aryl methyl sites for hydroxylation is 1. The van der Waals surface area contributed by atoms with Crippen molar-refractivity contribution in [2.24, 2.45) is 5.73 Å². The molecule has 0 amide bonds. The highest BCUT2D eigenvalue weighted by atomic mass is 16.5. The summed E-state index contributed by atoms with van der Waals surface area (Å²) in [6.45, 7) is 2.52. The molecule has 0 saturated heterocycles. The van der Waals surface area contributed by atoms with Crippen LogP contribution < -0.4 is 5.73 Å². The summed E-state index contributed by atoms with van der Waals surface area (Å²) in [7, 11) is 0. The van der Waals surface area contributed by atoms with Gasteiger partial charge in [-0.1, -0.05) is 12.1 Å². The van der Waals surface area contributed by atoms with Gasteiger partial charge < -0.3 is 10.5 Å². The number of allylic oxidation sites excluding steroid dienone is 1. The number of nitrogens with two attached hydrogens (primary N) is 1. The summed E-state index contributed by atoms with van der Waals surface area (Å²) in [5.74, 6) is 0.879. The fraction of sp³-hybridized carbons (Fsp3) is 0.308. The molecule has 1 aliphatic rings. The van der Waals surface area contributed by atoms with Crippen LogP contribution in [0.1, 0.15) is 17.7 Å². The molecule has 0 aromatic carbocycles. The standard InChI is InChI=1S/C13H16N2O/c1-10-2-5-12(15-8-10)9-16-13-6-3-11(14)4-7-13/h2-3,5-8,11H,4,9,14H2,1H3. The van der Waals surface area contributed by atoms with Crippen LogP contribution in [0.2, 0.25) is 0 Å². The number of hydrogen-bond acceptors (Lipinski definition) is 3. The van der Waals surface area contributed by atoms with Gasteiger partial charge in [0.25, 0.3) is 0 Å². The van der Waals surface area contributed by atoms with E-state index >= 15 is 0 Å². The second kappa shape index (κ2) is 4.94. The van der Waals surface area contributed by atoms with Crippen molar-refractivity contribution in [3.63, 3.8) is 0 Å². The topological polar surface area (TPSA) is 48.1 Å². The van der Waals surface area contributed by atoms with E-state index in [0.717, 1.165) is 23.4 Å². The van der Waals surface area contributed by atoms with Crippen molar-refractivity contribution in [3.05, 3.63) is 53.6 Å². The molecule has 3 heteroatoms. The van der Waals surface area contributed by atoms with Gasteiger partial charge in [-0.05, 0) is 37.1 Å². The summed E-state index contributed by atoms with van der Waals surface area (Å²) in [6, 6.07) is 4.14. The molecule has 0 radical (unpaired) electrons. The first-order chi connectivity index (χ1) is 7.74. The minimum Gasteiger partial charge on any atom is -0.488 e. The average Bonchev–Trinajstić information content (AvgIpc) is 2.30. The first-order valence-electron chi connectivity index (χ1n) is 5.42. The van der Waals surface area contributed by atoms with E-state index < -0.39 is 0 Å². The molecule has 1 heterocycles. The van der Waals surface area contributed by atoms with Crippen LogP contribution in [0.25, 0.3) is 0 Å². The van der Waals surface area contributed by atoms with Gasteiger partial charge in [0.05, 0.1) is 5.69 Å². The molecule has 1 aromatic heterocycles. The first kappa shape index (κ1) is 10.9. The molecule has 1 aliphatic carbocycles. The third-order valence-electron chi connectivity index (χ3n) is 2.46. The third kappa shape index (κ3) is 2.94. The second-order valence-electron chi connectivity index (χ2n) is 3.98. The zero-order chi connectivity index (χ0) is 11.4. The van der Waals surface area contributed by atoms with E-state index in [1.165, 1.54) is 0 Å². The number of ether oxygens (including phenoxy) is 1. The van der Waals surface area contributed by atoms with E-state index in [2.05, 4.69) is 4.98 Å². The predicted molar refractivity (Wildman–Crippen MR) is 63.6 cm³/mol. The predicted octanol–water partition coefficient (Wildman–Crippen LogP) is 2.08. The van der Waals surface area contributed by atoms with Gasteiger partial charge in [-0.25, -0.2) is 0 Å². The Morgan fingerprint density at radius 2 is 2.38 bits per heavy atom. The minimum atomic E-state index is 0.129. The van der Waals surface area contributed by atoms with Crippen molar-refractivity contribution in [2.45, 2.75) is 26.0 Å². The van der Waals surface area contributed by atoms with E-state index in [1.807, 2.05) is 43.5 Å². The Hall–Kier alpha value is -1.61. The zero-order valence-corrected chi connectivity index (χ0v) is 9.39. The molecular formula is C13H16N2O. The van der Waals surface area contributed by atoms with Gasteiger partial charge in [-0.15, -0.1) is 0 Å². The summed E-state index contributed by atoms with van der Waals surface area (Å²) >= 11 is 0. The summed E-state index contributed by atoms with van der Waals surface area (Å²) in [5.41, 5.74) is 7.82. The van der Waals surface area contributed by atoms with Gasteiger partial charge in [0.15, 0.2) is 0 Å². The average molecular weight is 216 g/mol. The van der Waals surface area contributed by atoms with Crippen LogP contribution in [0.5, 0.6) is 0 Å². The molecule has 84 valence electrons. The smallest absolute Gasteiger partial charge is 0.130 e. The lowest BCUT2D eigenvalue weighted by molar-refractivity contribution is 0.205. The van der Waals surface area contributed by atoms with Gasteiger partial charge in [0, 0.05) is 12.2 Å². The Morgan fingerprint density at radius 1 is 1.50 bits per heavy atom. The molecule has 0 saturated carbocycles. The maximum absolute atomic E-state index is 5.72. The number of nitrogens with zero attached hydrogens (tertiary/aromatic N) is 1. The summed E-state index contributed by atoms with van der Waals surface area (Å²) in [5, 5.41) is 0. The van der Waals surface area contributed by atoms with Gasteiger partial charge in [0.2, 0.25) is 0 Å². The van der Waals surface area contributed by atoms with Crippen molar-refractivity contribution in [1.82, 2.24) is 4.98 Å². The Balaban J connectivity index is 1.88. The molecule has 3 nitrogen and oxygen atoms in total. The normalized spacial score (nSPS) is 19.4. The van der Waals surface area contributed by atoms with Crippen molar-refractivity contribution in [3.8, 4) is 0 Å². The van der Waals surface area contributed by atoms with Crippen LogP contribution in [-0.2, 0) is 11.3 Å². The van der Waals surface area contributed by atoms with Gasteiger partial charge in [0.1, 0.15) is 12.4 Å². The molecule has 16 heavy (non-hydrogen) atoms.